The molecule has 0 aliphatic heterocycles. The molecule has 2 aromatic rings. The summed E-state index contributed by atoms with van der Waals surface area (Å²) in [5.41, 5.74) is 1.85. The Balaban J connectivity index is 2.38. The molecular weight excluding hydrogens is 324 g/mol. The van der Waals surface area contributed by atoms with Crippen LogP contribution in [0.15, 0.2) is 60.7 Å². The van der Waals surface area contributed by atoms with Gasteiger partial charge in [-0.25, -0.2) is 0 Å². The Bertz CT molecular complexity index is 686. The van der Waals surface area contributed by atoms with Gasteiger partial charge in [-0.15, -0.1) is 0 Å². The first-order valence-corrected chi connectivity index (χ1v) is 9.33. The van der Waals surface area contributed by atoms with Crippen molar-refractivity contribution in [2.24, 2.45) is 0 Å². The molecule has 1 N–H and O–H groups in total. The fourth-order valence-electron chi connectivity index (χ4n) is 2.91. The van der Waals surface area contributed by atoms with Gasteiger partial charge < -0.3 is 10.2 Å². The first-order valence-electron chi connectivity index (χ1n) is 9.33. The van der Waals surface area contributed by atoms with Crippen molar-refractivity contribution in [3.05, 3.63) is 71.8 Å². The number of hydrogen-bond acceptors (Lipinski definition) is 2. The standard InChI is InChI=1S/C22H28N2O2/c1-3-11-20(25)24(17-18-12-7-5-8-13-18)21(22(26)23-16-4-2)19-14-9-6-10-15-19/h5-10,12-15,21H,3-4,11,16-17H2,1-2H3,(H,23,26)/t21-/m0/s1. The number of rotatable bonds is 9. The number of carbonyl (C=O) groups excluding carboxylic acids is 2. The van der Waals surface area contributed by atoms with Gasteiger partial charge in [0.15, 0.2) is 0 Å². The second kappa shape index (κ2) is 10.4. The number of nitrogens with zero attached hydrogens (tertiary/aromatic N) is 1. The second-order valence-electron chi connectivity index (χ2n) is 6.36. The van der Waals surface area contributed by atoms with Crippen molar-refractivity contribution < 1.29 is 9.59 Å². The fourth-order valence-corrected chi connectivity index (χ4v) is 2.91. The summed E-state index contributed by atoms with van der Waals surface area (Å²) in [5.74, 6) is -0.129. The number of benzene rings is 2. The molecule has 0 aromatic heterocycles. The largest absolute Gasteiger partial charge is 0.354 e. The van der Waals surface area contributed by atoms with E-state index in [2.05, 4.69) is 5.32 Å². The smallest absolute Gasteiger partial charge is 0.247 e. The van der Waals surface area contributed by atoms with E-state index in [0.717, 1.165) is 24.0 Å². The average Bonchev–Trinajstić information content (AvgIpc) is 2.67. The van der Waals surface area contributed by atoms with Gasteiger partial charge in [-0.1, -0.05) is 74.5 Å². The molecule has 4 nitrogen and oxygen atoms in total. The van der Waals surface area contributed by atoms with E-state index in [-0.39, 0.29) is 11.8 Å². The van der Waals surface area contributed by atoms with Gasteiger partial charge in [0.2, 0.25) is 11.8 Å². The van der Waals surface area contributed by atoms with Crippen molar-refractivity contribution in [3.8, 4) is 0 Å². The Labute approximate surface area is 156 Å². The Morgan fingerprint density at radius 2 is 1.54 bits per heavy atom. The van der Waals surface area contributed by atoms with Gasteiger partial charge in [-0.2, -0.15) is 0 Å². The van der Waals surface area contributed by atoms with E-state index in [1.807, 2.05) is 74.5 Å². The van der Waals surface area contributed by atoms with Crippen LogP contribution in [0.3, 0.4) is 0 Å². The summed E-state index contributed by atoms with van der Waals surface area (Å²) in [4.78, 5) is 27.5. The highest BCUT2D eigenvalue weighted by Gasteiger charge is 2.30. The van der Waals surface area contributed by atoms with Crippen molar-refractivity contribution in [1.29, 1.82) is 0 Å². The predicted octanol–water partition coefficient (Wildman–Crippen LogP) is 4.08. The molecule has 0 saturated carbocycles. The molecule has 2 amide bonds. The van der Waals surface area contributed by atoms with Crippen LogP contribution in [0.2, 0.25) is 0 Å². The van der Waals surface area contributed by atoms with Crippen LogP contribution in [-0.2, 0) is 16.1 Å². The highest BCUT2D eigenvalue weighted by Crippen LogP contribution is 2.24. The summed E-state index contributed by atoms with van der Waals surface area (Å²) in [7, 11) is 0. The zero-order chi connectivity index (χ0) is 18.8. The first-order chi connectivity index (χ1) is 12.7. The summed E-state index contributed by atoms with van der Waals surface area (Å²) >= 11 is 0. The van der Waals surface area contributed by atoms with E-state index >= 15 is 0 Å². The van der Waals surface area contributed by atoms with Gasteiger partial charge in [-0.3, -0.25) is 9.59 Å². The molecule has 26 heavy (non-hydrogen) atoms. The van der Waals surface area contributed by atoms with Crippen LogP contribution in [-0.4, -0.2) is 23.3 Å². The maximum atomic E-state index is 12.9. The number of amides is 2. The van der Waals surface area contributed by atoms with Crippen molar-refractivity contribution >= 4 is 11.8 Å². The summed E-state index contributed by atoms with van der Waals surface area (Å²) in [6.45, 7) is 5.01. The maximum absolute atomic E-state index is 12.9. The van der Waals surface area contributed by atoms with Gasteiger partial charge in [0.05, 0.1) is 0 Å². The van der Waals surface area contributed by atoms with Crippen molar-refractivity contribution in [1.82, 2.24) is 10.2 Å². The monoisotopic (exact) mass is 352 g/mol. The summed E-state index contributed by atoms with van der Waals surface area (Å²) in [6, 6.07) is 18.7. The highest BCUT2D eigenvalue weighted by molar-refractivity contribution is 5.88. The SMILES string of the molecule is CCCNC(=O)[C@H](c1ccccc1)N(Cc1ccccc1)C(=O)CCC. The van der Waals surface area contributed by atoms with Gasteiger partial charge in [0.25, 0.3) is 0 Å². The molecule has 0 aliphatic carbocycles. The fraction of sp³-hybridized carbons (Fsp3) is 0.364. The molecule has 0 bridgehead atoms. The highest BCUT2D eigenvalue weighted by atomic mass is 16.2. The molecule has 0 spiro atoms. The van der Waals surface area contributed by atoms with Crippen LogP contribution in [0.1, 0.15) is 50.3 Å². The molecular formula is C22H28N2O2. The minimum absolute atomic E-state index is 0.00291. The number of hydrogen-bond donors (Lipinski definition) is 1. The van der Waals surface area contributed by atoms with E-state index in [0.29, 0.717) is 19.5 Å². The Kier molecular flexibility index (Phi) is 7.87. The van der Waals surface area contributed by atoms with Crippen LogP contribution in [0.4, 0.5) is 0 Å². The lowest BCUT2D eigenvalue weighted by Gasteiger charge is -2.31. The Morgan fingerprint density at radius 3 is 2.12 bits per heavy atom. The Morgan fingerprint density at radius 1 is 0.923 bits per heavy atom. The Hall–Kier alpha value is -2.62. The molecule has 1 atom stereocenters. The van der Waals surface area contributed by atoms with E-state index < -0.39 is 6.04 Å². The molecule has 0 unspecified atom stereocenters. The lowest BCUT2D eigenvalue weighted by molar-refractivity contribution is -0.141. The van der Waals surface area contributed by atoms with Gasteiger partial charge >= 0.3 is 0 Å². The van der Waals surface area contributed by atoms with Gasteiger partial charge in [-0.05, 0) is 24.0 Å². The minimum atomic E-state index is -0.623. The van der Waals surface area contributed by atoms with Crippen LogP contribution in [0.5, 0.6) is 0 Å². The molecule has 0 aliphatic rings. The molecule has 0 fully saturated rings. The third-order valence-electron chi connectivity index (χ3n) is 4.20. The third-order valence-corrected chi connectivity index (χ3v) is 4.20. The predicted molar refractivity (Wildman–Crippen MR) is 104 cm³/mol. The summed E-state index contributed by atoms with van der Waals surface area (Å²) < 4.78 is 0. The zero-order valence-electron chi connectivity index (χ0n) is 15.7. The maximum Gasteiger partial charge on any atom is 0.247 e. The zero-order valence-corrected chi connectivity index (χ0v) is 15.7. The summed E-state index contributed by atoms with van der Waals surface area (Å²) in [5, 5.41) is 2.96. The molecule has 2 rings (SSSR count). The van der Waals surface area contributed by atoms with Gasteiger partial charge in [0.1, 0.15) is 6.04 Å². The van der Waals surface area contributed by atoms with Gasteiger partial charge in [0, 0.05) is 19.5 Å². The average molecular weight is 352 g/mol. The lowest BCUT2D eigenvalue weighted by Crippen LogP contribution is -2.43. The van der Waals surface area contributed by atoms with Crippen LogP contribution in [0.25, 0.3) is 0 Å². The van der Waals surface area contributed by atoms with Crippen LogP contribution < -0.4 is 5.32 Å². The van der Waals surface area contributed by atoms with Crippen LogP contribution in [0, 0.1) is 0 Å². The quantitative estimate of drug-likeness (QED) is 0.739. The molecule has 138 valence electrons. The molecule has 0 radical (unpaired) electrons. The normalized spacial score (nSPS) is 11.6. The van der Waals surface area contributed by atoms with Crippen molar-refractivity contribution in [2.75, 3.05) is 6.54 Å². The van der Waals surface area contributed by atoms with E-state index in [1.54, 1.807) is 4.90 Å². The minimum Gasteiger partial charge on any atom is -0.354 e. The summed E-state index contributed by atoms with van der Waals surface area (Å²) in [6.07, 6.45) is 2.04. The molecule has 2 aromatic carbocycles. The van der Waals surface area contributed by atoms with Crippen molar-refractivity contribution in [2.45, 2.75) is 45.7 Å². The number of nitrogens with one attached hydrogen (secondary N) is 1. The van der Waals surface area contributed by atoms with E-state index in [1.165, 1.54) is 0 Å². The second-order valence-corrected chi connectivity index (χ2v) is 6.36. The third kappa shape index (κ3) is 5.45. The number of carbonyl (C=O) groups is 2. The lowest BCUT2D eigenvalue weighted by atomic mass is 10.0. The molecule has 4 heteroatoms. The van der Waals surface area contributed by atoms with E-state index in [4.69, 9.17) is 0 Å². The molecule has 0 heterocycles. The van der Waals surface area contributed by atoms with Crippen LogP contribution >= 0.6 is 0 Å². The van der Waals surface area contributed by atoms with Crippen molar-refractivity contribution in [3.63, 3.8) is 0 Å². The van der Waals surface area contributed by atoms with E-state index in [9.17, 15) is 9.59 Å². The topological polar surface area (TPSA) is 49.4 Å². The molecule has 0 saturated heterocycles. The first kappa shape index (κ1) is 19.7.